The summed E-state index contributed by atoms with van der Waals surface area (Å²) in [6.45, 7) is -0.760. The molecule has 4 nitrogen and oxygen atoms in total. The van der Waals surface area contributed by atoms with E-state index in [4.69, 9.17) is 16.3 Å². The van der Waals surface area contributed by atoms with Crippen LogP contribution in [-0.2, 0) is 6.61 Å². The fourth-order valence-electron chi connectivity index (χ4n) is 3.53. The van der Waals surface area contributed by atoms with E-state index in [0.717, 1.165) is 32.7 Å². The molecule has 4 rings (SSSR count). The van der Waals surface area contributed by atoms with Crippen LogP contribution in [0.1, 0.15) is 21.5 Å². The van der Waals surface area contributed by atoms with E-state index >= 15 is 0 Å². The maximum absolute atomic E-state index is 12.3. The maximum atomic E-state index is 12.3. The first-order chi connectivity index (χ1) is 16.3. The van der Waals surface area contributed by atoms with Gasteiger partial charge in [-0.25, -0.2) is 4.79 Å². The zero-order valence-electron chi connectivity index (χ0n) is 17.9. The number of hydrogen-bond donors (Lipinski definition) is 1. The maximum Gasteiger partial charge on any atom is 0.387 e. The van der Waals surface area contributed by atoms with E-state index in [1.165, 1.54) is 12.1 Å². The lowest BCUT2D eigenvalue weighted by atomic mass is 9.98. The summed E-state index contributed by atoms with van der Waals surface area (Å²) in [6.07, 6.45) is 0. The van der Waals surface area contributed by atoms with Crippen LogP contribution in [0.25, 0.3) is 21.6 Å². The fraction of sp³-hybridized carbons (Fsp3) is 0.115. The molecule has 8 heteroatoms. The van der Waals surface area contributed by atoms with Gasteiger partial charge in [-0.15, -0.1) is 11.3 Å². The molecule has 174 valence electrons. The Kier molecular flexibility index (Phi) is 7.14. The Balaban J connectivity index is 1.57. The van der Waals surface area contributed by atoms with Crippen LogP contribution in [0.2, 0.25) is 5.02 Å². The molecule has 0 saturated heterocycles. The highest BCUT2D eigenvalue weighted by Gasteiger charge is 2.15. The molecular formula is C26H19ClF2O4S. The Bertz CT molecular complexity index is 1320. The standard InChI is InChI=1S/C26H19ClF2O4S/c1-15-10-17(25(30)31)4-7-22(15)24-23(8-9-34-24)18-11-19(27)13-21(12-18)32-14-16-2-5-20(6-3-16)33-26(28)29/h2-13,26H,14H2,1H3,(H,30,31). The van der Waals surface area contributed by atoms with Gasteiger partial charge in [-0.1, -0.05) is 29.8 Å². The molecule has 0 radical (unpaired) electrons. The molecule has 1 heterocycles. The zero-order chi connectivity index (χ0) is 24.2. The van der Waals surface area contributed by atoms with Gasteiger partial charge in [-0.2, -0.15) is 8.78 Å². The minimum atomic E-state index is -2.87. The number of hydrogen-bond acceptors (Lipinski definition) is 4. The van der Waals surface area contributed by atoms with Gasteiger partial charge in [-0.05, 0) is 83.1 Å². The first-order valence-corrected chi connectivity index (χ1v) is 11.5. The van der Waals surface area contributed by atoms with Crippen molar-refractivity contribution in [3.8, 4) is 33.1 Å². The summed E-state index contributed by atoms with van der Waals surface area (Å²) in [5.41, 5.74) is 4.66. The van der Waals surface area contributed by atoms with Crippen molar-refractivity contribution in [3.05, 3.63) is 93.8 Å². The number of carbonyl (C=O) groups is 1. The molecule has 34 heavy (non-hydrogen) atoms. The van der Waals surface area contributed by atoms with Crippen molar-refractivity contribution in [2.75, 3.05) is 0 Å². The minimum Gasteiger partial charge on any atom is -0.489 e. The number of rotatable bonds is 8. The molecule has 0 amide bonds. The Hall–Kier alpha value is -3.42. The van der Waals surface area contributed by atoms with Crippen LogP contribution < -0.4 is 9.47 Å². The van der Waals surface area contributed by atoms with E-state index in [9.17, 15) is 18.7 Å². The summed E-state index contributed by atoms with van der Waals surface area (Å²) in [6, 6.07) is 18.7. The monoisotopic (exact) mass is 500 g/mol. The highest BCUT2D eigenvalue weighted by atomic mass is 35.5. The normalized spacial score (nSPS) is 11.0. The van der Waals surface area contributed by atoms with E-state index in [-0.39, 0.29) is 17.9 Å². The van der Waals surface area contributed by atoms with E-state index in [0.29, 0.717) is 10.8 Å². The minimum absolute atomic E-state index is 0.0838. The SMILES string of the molecule is Cc1cc(C(=O)O)ccc1-c1sccc1-c1cc(Cl)cc(OCc2ccc(OC(F)F)cc2)c1. The summed E-state index contributed by atoms with van der Waals surface area (Å²) in [4.78, 5) is 12.3. The number of carboxylic acid groups (broad SMARTS) is 1. The van der Waals surface area contributed by atoms with Gasteiger partial charge >= 0.3 is 12.6 Å². The van der Waals surface area contributed by atoms with E-state index in [1.54, 1.807) is 41.7 Å². The number of ether oxygens (including phenoxy) is 2. The van der Waals surface area contributed by atoms with Gasteiger partial charge in [0.05, 0.1) is 5.56 Å². The first-order valence-electron chi connectivity index (χ1n) is 10.2. The Morgan fingerprint density at radius 2 is 1.76 bits per heavy atom. The van der Waals surface area contributed by atoms with E-state index in [1.807, 2.05) is 36.6 Å². The van der Waals surface area contributed by atoms with Crippen molar-refractivity contribution in [1.82, 2.24) is 0 Å². The number of halogens is 3. The lowest BCUT2D eigenvalue weighted by molar-refractivity contribution is -0.0498. The van der Waals surface area contributed by atoms with Crippen LogP contribution in [-0.4, -0.2) is 17.7 Å². The molecule has 0 spiro atoms. The Morgan fingerprint density at radius 3 is 2.44 bits per heavy atom. The highest BCUT2D eigenvalue weighted by molar-refractivity contribution is 7.14. The summed E-state index contributed by atoms with van der Waals surface area (Å²) < 4.78 is 34.9. The van der Waals surface area contributed by atoms with Crippen LogP contribution in [0.5, 0.6) is 11.5 Å². The van der Waals surface area contributed by atoms with Crippen LogP contribution >= 0.6 is 22.9 Å². The predicted molar refractivity (Wildman–Crippen MR) is 129 cm³/mol. The average molecular weight is 501 g/mol. The summed E-state index contributed by atoms with van der Waals surface area (Å²) in [7, 11) is 0. The van der Waals surface area contributed by atoms with Gasteiger partial charge in [0.25, 0.3) is 0 Å². The second-order valence-corrected chi connectivity index (χ2v) is 8.84. The number of benzene rings is 3. The Labute approximate surface area is 204 Å². The third-order valence-electron chi connectivity index (χ3n) is 5.12. The first kappa shape index (κ1) is 23.7. The predicted octanol–water partition coefficient (Wildman–Crippen LogP) is 7.92. The molecule has 3 aromatic carbocycles. The topological polar surface area (TPSA) is 55.8 Å². The van der Waals surface area contributed by atoms with Gasteiger partial charge in [0, 0.05) is 15.5 Å². The largest absolute Gasteiger partial charge is 0.489 e. The molecule has 0 atom stereocenters. The summed E-state index contributed by atoms with van der Waals surface area (Å²) >= 11 is 7.93. The molecule has 0 unspecified atom stereocenters. The van der Waals surface area contributed by atoms with Crippen molar-refractivity contribution in [2.24, 2.45) is 0 Å². The third kappa shape index (κ3) is 5.55. The molecular weight excluding hydrogens is 482 g/mol. The Morgan fingerprint density at radius 1 is 1.00 bits per heavy atom. The van der Waals surface area contributed by atoms with Crippen LogP contribution in [0.3, 0.4) is 0 Å². The molecule has 0 aliphatic heterocycles. The molecule has 0 bridgehead atoms. The van der Waals surface area contributed by atoms with Crippen molar-refractivity contribution >= 4 is 28.9 Å². The quantitative estimate of drug-likeness (QED) is 0.267. The lowest BCUT2D eigenvalue weighted by Crippen LogP contribution is -2.02. The molecule has 1 N–H and O–H groups in total. The molecule has 4 aromatic rings. The summed E-state index contributed by atoms with van der Waals surface area (Å²) in [5.74, 6) is -0.320. The van der Waals surface area contributed by atoms with Crippen LogP contribution in [0.4, 0.5) is 8.78 Å². The van der Waals surface area contributed by atoms with Gasteiger partial charge < -0.3 is 14.6 Å². The van der Waals surface area contributed by atoms with Crippen molar-refractivity contribution in [2.45, 2.75) is 20.1 Å². The van der Waals surface area contributed by atoms with Gasteiger partial charge in [0.15, 0.2) is 0 Å². The molecule has 0 aliphatic carbocycles. The van der Waals surface area contributed by atoms with Crippen LogP contribution in [0.15, 0.2) is 72.1 Å². The highest BCUT2D eigenvalue weighted by Crippen LogP contribution is 2.40. The molecule has 1 aromatic heterocycles. The number of alkyl halides is 2. The second kappa shape index (κ2) is 10.2. The average Bonchev–Trinajstić information content (AvgIpc) is 3.27. The molecule has 0 aliphatic rings. The third-order valence-corrected chi connectivity index (χ3v) is 6.29. The summed E-state index contributed by atoms with van der Waals surface area (Å²) in [5, 5.41) is 11.7. The van der Waals surface area contributed by atoms with Crippen LogP contribution in [0, 0.1) is 6.92 Å². The van der Waals surface area contributed by atoms with Crippen molar-refractivity contribution in [3.63, 3.8) is 0 Å². The smallest absolute Gasteiger partial charge is 0.387 e. The van der Waals surface area contributed by atoms with E-state index in [2.05, 4.69) is 4.74 Å². The lowest BCUT2D eigenvalue weighted by Gasteiger charge is -2.12. The number of thiophene rings is 1. The van der Waals surface area contributed by atoms with Gasteiger partial charge in [0.2, 0.25) is 0 Å². The van der Waals surface area contributed by atoms with Crippen molar-refractivity contribution < 1.29 is 28.2 Å². The second-order valence-electron chi connectivity index (χ2n) is 7.48. The number of aryl methyl sites for hydroxylation is 1. The van der Waals surface area contributed by atoms with Gasteiger partial charge in [-0.3, -0.25) is 0 Å². The van der Waals surface area contributed by atoms with Crippen molar-refractivity contribution in [1.29, 1.82) is 0 Å². The number of aromatic carboxylic acids is 1. The molecule has 0 saturated carbocycles. The van der Waals surface area contributed by atoms with E-state index < -0.39 is 12.6 Å². The molecule has 0 fully saturated rings. The zero-order valence-corrected chi connectivity index (χ0v) is 19.5. The fourth-order valence-corrected chi connectivity index (χ4v) is 4.77. The number of carboxylic acids is 1. The van der Waals surface area contributed by atoms with Gasteiger partial charge in [0.1, 0.15) is 18.1 Å².